The van der Waals surface area contributed by atoms with E-state index in [1.54, 1.807) is 16.9 Å². The van der Waals surface area contributed by atoms with Gasteiger partial charge >= 0.3 is 5.97 Å². The van der Waals surface area contributed by atoms with Crippen molar-refractivity contribution in [2.24, 2.45) is 0 Å². The molecule has 2 aromatic heterocycles. The molecule has 0 saturated heterocycles. The van der Waals surface area contributed by atoms with Crippen LogP contribution < -0.4 is 5.32 Å². The Balaban J connectivity index is 1.61. The van der Waals surface area contributed by atoms with Crippen molar-refractivity contribution in [1.29, 1.82) is 0 Å². The number of aromatic nitrogens is 4. The summed E-state index contributed by atoms with van der Waals surface area (Å²) in [6.07, 6.45) is 4.68. The highest BCUT2D eigenvalue weighted by atomic mass is 16.4. The molecule has 0 bridgehead atoms. The molecular formula is C18H19N5O3. The number of anilines is 1. The van der Waals surface area contributed by atoms with Crippen molar-refractivity contribution >= 4 is 17.7 Å². The number of hydrogen-bond donors (Lipinski definition) is 2. The highest BCUT2D eigenvalue weighted by Gasteiger charge is 2.11. The standard InChI is InChI=1S/C18H19N5O3/c1-13-4-2-3-5-14(13)11-23-8-6-16(21-23)20-18(26)15-10-19-22(12-15)9-7-17(24)25/h2-6,8,10,12H,7,9,11H2,1H3,(H,24,25)(H,20,21,26). The zero-order valence-electron chi connectivity index (χ0n) is 14.3. The number of hydrogen-bond acceptors (Lipinski definition) is 4. The Bertz CT molecular complexity index is 928. The summed E-state index contributed by atoms with van der Waals surface area (Å²) < 4.78 is 3.19. The van der Waals surface area contributed by atoms with Crippen molar-refractivity contribution in [2.45, 2.75) is 26.4 Å². The topological polar surface area (TPSA) is 102 Å². The zero-order chi connectivity index (χ0) is 18.5. The van der Waals surface area contributed by atoms with Crippen molar-refractivity contribution in [3.63, 3.8) is 0 Å². The second-order valence-electron chi connectivity index (χ2n) is 5.91. The van der Waals surface area contributed by atoms with Crippen LogP contribution in [0.1, 0.15) is 27.9 Å². The fraction of sp³-hybridized carbons (Fsp3) is 0.222. The summed E-state index contributed by atoms with van der Waals surface area (Å²) >= 11 is 0. The summed E-state index contributed by atoms with van der Waals surface area (Å²) in [7, 11) is 0. The number of rotatable bonds is 7. The fourth-order valence-electron chi connectivity index (χ4n) is 2.48. The first-order valence-corrected chi connectivity index (χ1v) is 8.15. The fourth-order valence-corrected chi connectivity index (χ4v) is 2.48. The molecule has 26 heavy (non-hydrogen) atoms. The van der Waals surface area contributed by atoms with Crippen LogP contribution in [0.3, 0.4) is 0 Å². The van der Waals surface area contributed by atoms with E-state index in [1.165, 1.54) is 22.6 Å². The van der Waals surface area contributed by atoms with E-state index in [0.717, 1.165) is 5.56 Å². The summed E-state index contributed by atoms with van der Waals surface area (Å²) in [5.41, 5.74) is 2.69. The van der Waals surface area contributed by atoms with Crippen molar-refractivity contribution in [1.82, 2.24) is 19.6 Å². The van der Waals surface area contributed by atoms with Gasteiger partial charge in [-0.05, 0) is 18.1 Å². The average molecular weight is 353 g/mol. The molecule has 3 aromatic rings. The van der Waals surface area contributed by atoms with Gasteiger partial charge in [0.2, 0.25) is 0 Å². The van der Waals surface area contributed by atoms with Gasteiger partial charge in [-0.15, -0.1) is 0 Å². The van der Waals surface area contributed by atoms with Crippen LogP contribution in [0.5, 0.6) is 0 Å². The van der Waals surface area contributed by atoms with Crippen LogP contribution in [0.15, 0.2) is 48.9 Å². The molecule has 1 aromatic carbocycles. The average Bonchev–Trinajstić information content (AvgIpc) is 3.24. The molecule has 8 heteroatoms. The molecule has 0 aliphatic heterocycles. The molecule has 0 aliphatic rings. The van der Waals surface area contributed by atoms with Gasteiger partial charge in [0.25, 0.3) is 5.91 Å². The highest BCUT2D eigenvalue weighted by Crippen LogP contribution is 2.11. The Labute approximate surface area is 150 Å². The van der Waals surface area contributed by atoms with Crippen LogP contribution in [-0.2, 0) is 17.9 Å². The number of amides is 1. The lowest BCUT2D eigenvalue weighted by atomic mass is 10.1. The molecule has 0 unspecified atom stereocenters. The maximum absolute atomic E-state index is 12.3. The number of carbonyl (C=O) groups excluding carboxylic acids is 1. The molecule has 1 amide bonds. The second-order valence-corrected chi connectivity index (χ2v) is 5.91. The van der Waals surface area contributed by atoms with Gasteiger partial charge in [0, 0.05) is 18.5 Å². The third kappa shape index (κ3) is 4.35. The van der Waals surface area contributed by atoms with Crippen LogP contribution in [-0.4, -0.2) is 36.5 Å². The second kappa shape index (κ2) is 7.64. The molecule has 2 N–H and O–H groups in total. The van der Waals surface area contributed by atoms with Crippen molar-refractivity contribution in [3.05, 3.63) is 65.6 Å². The van der Waals surface area contributed by atoms with Gasteiger partial charge in [-0.2, -0.15) is 10.2 Å². The summed E-state index contributed by atoms with van der Waals surface area (Å²) in [4.78, 5) is 22.8. The Hall–Kier alpha value is -3.42. The first-order chi connectivity index (χ1) is 12.5. The molecular weight excluding hydrogens is 334 g/mol. The SMILES string of the molecule is Cc1ccccc1Cn1ccc(NC(=O)c2cnn(CCC(=O)O)c2)n1. The van der Waals surface area contributed by atoms with E-state index >= 15 is 0 Å². The van der Waals surface area contributed by atoms with Crippen LogP contribution in [0, 0.1) is 6.92 Å². The van der Waals surface area contributed by atoms with Gasteiger partial charge in [-0.25, -0.2) is 0 Å². The van der Waals surface area contributed by atoms with Crippen LogP contribution in [0.25, 0.3) is 0 Å². The van der Waals surface area contributed by atoms with E-state index in [0.29, 0.717) is 17.9 Å². The lowest BCUT2D eigenvalue weighted by Crippen LogP contribution is -2.12. The first kappa shape index (κ1) is 17.4. The van der Waals surface area contributed by atoms with E-state index < -0.39 is 5.97 Å². The highest BCUT2D eigenvalue weighted by molar-refractivity contribution is 6.03. The van der Waals surface area contributed by atoms with Crippen LogP contribution in [0.4, 0.5) is 5.82 Å². The van der Waals surface area contributed by atoms with E-state index in [1.807, 2.05) is 31.2 Å². The molecule has 0 fully saturated rings. The lowest BCUT2D eigenvalue weighted by Gasteiger charge is -2.05. The monoisotopic (exact) mass is 353 g/mol. The largest absolute Gasteiger partial charge is 0.481 e. The lowest BCUT2D eigenvalue weighted by molar-refractivity contribution is -0.137. The summed E-state index contributed by atoms with van der Waals surface area (Å²) in [5, 5.41) is 19.7. The van der Waals surface area contributed by atoms with E-state index in [4.69, 9.17) is 5.11 Å². The molecule has 134 valence electrons. The van der Waals surface area contributed by atoms with Crippen molar-refractivity contribution in [3.8, 4) is 0 Å². The Morgan fingerprint density at radius 1 is 1.19 bits per heavy atom. The quantitative estimate of drug-likeness (QED) is 0.678. The van der Waals surface area contributed by atoms with Gasteiger partial charge in [0.05, 0.1) is 31.3 Å². The third-order valence-corrected chi connectivity index (χ3v) is 3.93. The third-order valence-electron chi connectivity index (χ3n) is 3.93. The number of nitrogens with one attached hydrogen (secondary N) is 1. The van der Waals surface area contributed by atoms with E-state index in [2.05, 4.69) is 15.5 Å². The van der Waals surface area contributed by atoms with Crippen molar-refractivity contribution < 1.29 is 14.7 Å². The normalized spacial score (nSPS) is 10.7. The molecule has 2 heterocycles. The summed E-state index contributed by atoms with van der Waals surface area (Å²) in [6.45, 7) is 2.88. The first-order valence-electron chi connectivity index (χ1n) is 8.15. The molecule has 0 spiro atoms. The number of nitrogens with zero attached hydrogens (tertiary/aromatic N) is 4. The minimum absolute atomic E-state index is 0.0496. The number of aryl methyl sites for hydroxylation is 2. The van der Waals surface area contributed by atoms with Crippen LogP contribution in [0.2, 0.25) is 0 Å². The van der Waals surface area contributed by atoms with Crippen molar-refractivity contribution in [2.75, 3.05) is 5.32 Å². The molecule has 0 saturated carbocycles. The predicted molar refractivity (Wildman–Crippen MR) is 94.9 cm³/mol. The smallest absolute Gasteiger partial charge is 0.305 e. The van der Waals surface area contributed by atoms with Gasteiger partial charge in [-0.1, -0.05) is 24.3 Å². The van der Waals surface area contributed by atoms with Gasteiger partial charge < -0.3 is 10.4 Å². The zero-order valence-corrected chi connectivity index (χ0v) is 14.3. The van der Waals surface area contributed by atoms with E-state index in [9.17, 15) is 9.59 Å². The van der Waals surface area contributed by atoms with Gasteiger partial charge in [0.15, 0.2) is 5.82 Å². The Morgan fingerprint density at radius 2 is 2.00 bits per heavy atom. The molecule has 3 rings (SSSR count). The molecule has 0 radical (unpaired) electrons. The number of carboxylic acid groups (broad SMARTS) is 1. The summed E-state index contributed by atoms with van der Waals surface area (Å²) in [5.74, 6) is -0.805. The Morgan fingerprint density at radius 3 is 2.77 bits per heavy atom. The van der Waals surface area contributed by atoms with Gasteiger partial charge in [0.1, 0.15) is 0 Å². The number of carbonyl (C=O) groups is 2. The minimum atomic E-state index is -0.911. The maximum atomic E-state index is 12.3. The Kier molecular flexibility index (Phi) is 5.12. The van der Waals surface area contributed by atoms with Gasteiger partial charge in [-0.3, -0.25) is 19.0 Å². The molecule has 0 atom stereocenters. The molecule has 8 nitrogen and oxygen atoms in total. The van der Waals surface area contributed by atoms with Crippen LogP contribution >= 0.6 is 0 Å². The maximum Gasteiger partial charge on any atom is 0.305 e. The van der Waals surface area contributed by atoms with E-state index in [-0.39, 0.29) is 18.9 Å². The predicted octanol–water partition coefficient (Wildman–Crippen LogP) is 2.16. The number of benzene rings is 1. The minimum Gasteiger partial charge on any atom is -0.481 e. The number of carboxylic acids is 1. The number of aliphatic carboxylic acids is 1. The molecule has 0 aliphatic carbocycles. The summed E-state index contributed by atoms with van der Waals surface area (Å²) in [6, 6.07) is 9.79.